The van der Waals surface area contributed by atoms with Crippen LogP contribution in [0, 0.1) is 0 Å². The van der Waals surface area contributed by atoms with Gasteiger partial charge in [-0.1, -0.05) is 11.6 Å². The summed E-state index contributed by atoms with van der Waals surface area (Å²) >= 11 is 5.73. The second-order valence-electron chi connectivity index (χ2n) is 7.02. The molecule has 0 unspecified atom stereocenters. The average molecular weight is 496 g/mol. The molecule has 14 heteroatoms. The minimum atomic E-state index is -5.16. The maximum atomic E-state index is 13.7. The molecule has 0 saturated carbocycles. The molecule has 2 heterocycles. The van der Waals surface area contributed by atoms with E-state index in [2.05, 4.69) is 10.1 Å². The van der Waals surface area contributed by atoms with Gasteiger partial charge in [-0.2, -0.15) is 31.4 Å². The first kappa shape index (κ1) is 24.6. The van der Waals surface area contributed by atoms with Gasteiger partial charge in [-0.3, -0.25) is 4.79 Å². The summed E-state index contributed by atoms with van der Waals surface area (Å²) in [6, 6.07) is 5.16. The number of carbonyl (C=O) groups is 1. The lowest BCUT2D eigenvalue weighted by atomic mass is 9.97. The Morgan fingerprint density at radius 2 is 1.79 bits per heavy atom. The van der Waals surface area contributed by atoms with Crippen LogP contribution in [0.5, 0.6) is 0 Å². The Bertz CT molecular complexity index is 1140. The number of aliphatic hydroxyl groups is 1. The number of hydrogen-bond donors (Lipinski definition) is 2. The molecule has 1 aromatic carbocycles. The van der Waals surface area contributed by atoms with E-state index in [-0.39, 0.29) is 10.7 Å². The maximum absolute atomic E-state index is 13.7. The number of aromatic nitrogens is 4. The molecule has 0 aliphatic rings. The molecule has 0 aliphatic heterocycles. The Balaban J connectivity index is 1.85. The van der Waals surface area contributed by atoms with E-state index in [0.29, 0.717) is 10.9 Å². The summed E-state index contributed by atoms with van der Waals surface area (Å²) in [5.74, 6) is -2.04. The number of halogens is 7. The second-order valence-corrected chi connectivity index (χ2v) is 7.45. The van der Waals surface area contributed by atoms with E-state index in [9.17, 15) is 36.2 Å². The zero-order valence-electron chi connectivity index (χ0n) is 16.7. The van der Waals surface area contributed by atoms with E-state index in [1.807, 2.05) is 5.32 Å². The summed E-state index contributed by atoms with van der Waals surface area (Å²) < 4.78 is 83.2. The molecule has 3 aromatic rings. The molecule has 33 heavy (non-hydrogen) atoms. The number of nitrogens with zero attached hydrogens (tertiary/aromatic N) is 4. The van der Waals surface area contributed by atoms with Gasteiger partial charge in [0.1, 0.15) is 5.82 Å². The van der Waals surface area contributed by atoms with Crippen molar-refractivity contribution in [1.29, 1.82) is 0 Å². The lowest BCUT2D eigenvalue weighted by molar-refractivity contribution is -0.272. The summed E-state index contributed by atoms with van der Waals surface area (Å²) in [5, 5.41) is 16.1. The van der Waals surface area contributed by atoms with Crippen LogP contribution in [-0.2, 0) is 18.8 Å². The van der Waals surface area contributed by atoms with Gasteiger partial charge in [-0.15, -0.1) is 0 Å². The summed E-state index contributed by atoms with van der Waals surface area (Å²) in [7, 11) is 1.23. The molecule has 0 fully saturated rings. The number of rotatable bonds is 6. The average Bonchev–Trinajstić information content (AvgIpc) is 3.34. The fraction of sp³-hybridized carbons (Fsp3) is 0.316. The van der Waals surface area contributed by atoms with Crippen molar-refractivity contribution >= 4 is 17.5 Å². The van der Waals surface area contributed by atoms with E-state index < -0.39 is 53.9 Å². The van der Waals surface area contributed by atoms with Crippen molar-refractivity contribution in [1.82, 2.24) is 24.6 Å². The van der Waals surface area contributed by atoms with Crippen LogP contribution in [0.2, 0.25) is 5.02 Å². The highest BCUT2D eigenvalue weighted by Gasteiger charge is 2.57. The number of amides is 1. The molecule has 2 aromatic heterocycles. The summed E-state index contributed by atoms with van der Waals surface area (Å²) in [6.45, 7) is -0.800. The van der Waals surface area contributed by atoms with Crippen LogP contribution in [0.25, 0.3) is 5.69 Å². The van der Waals surface area contributed by atoms with Crippen molar-refractivity contribution in [3.63, 3.8) is 0 Å². The molecule has 3 rings (SSSR count). The maximum Gasteiger partial charge on any atom is 0.434 e. The molecule has 0 aliphatic carbocycles. The highest BCUT2D eigenvalue weighted by atomic mass is 35.5. The molecule has 178 valence electrons. The third kappa shape index (κ3) is 4.83. The Labute approximate surface area is 187 Å². The van der Waals surface area contributed by atoms with Crippen LogP contribution in [-0.4, -0.2) is 43.1 Å². The van der Waals surface area contributed by atoms with Crippen LogP contribution in [0.4, 0.5) is 26.3 Å². The molecular formula is C19H16ClF6N5O2. The quantitative estimate of drug-likeness (QED) is 0.509. The number of carbonyl (C=O) groups excluding carboxylic acids is 1. The second kappa shape index (κ2) is 8.71. The molecule has 0 spiro atoms. The zero-order chi connectivity index (χ0) is 24.6. The van der Waals surface area contributed by atoms with Crippen molar-refractivity contribution in [2.24, 2.45) is 7.05 Å². The molecule has 0 saturated heterocycles. The lowest BCUT2D eigenvalue weighted by Crippen LogP contribution is -2.46. The van der Waals surface area contributed by atoms with Crippen molar-refractivity contribution in [2.75, 3.05) is 6.54 Å². The van der Waals surface area contributed by atoms with E-state index in [1.54, 1.807) is 0 Å². The van der Waals surface area contributed by atoms with E-state index in [0.717, 1.165) is 10.8 Å². The van der Waals surface area contributed by atoms with Gasteiger partial charge in [-0.05, 0) is 24.3 Å². The standard InChI is InChI=1S/C19H16ClF6N5O2/c1-30-9-8-28-16(30)17(33,19(24,25)26)6-7-27-15(32)13-10-29-31(14(13)18(21,22)23)12-4-2-11(20)3-5-12/h2-5,8-10,33H,6-7H2,1H3,(H,27,32)/t17-/m0/s1. The predicted molar refractivity (Wildman–Crippen MR) is 104 cm³/mol. The number of hydrogen-bond acceptors (Lipinski definition) is 4. The molecular weight excluding hydrogens is 480 g/mol. The summed E-state index contributed by atoms with van der Waals surface area (Å²) in [4.78, 5) is 15.9. The molecule has 0 bridgehead atoms. The van der Waals surface area contributed by atoms with Gasteiger partial charge in [0, 0.05) is 37.4 Å². The van der Waals surface area contributed by atoms with Crippen molar-refractivity contribution in [3.8, 4) is 5.69 Å². The van der Waals surface area contributed by atoms with Gasteiger partial charge in [0.2, 0.25) is 5.60 Å². The molecule has 2 N–H and O–H groups in total. The normalized spacial score (nSPS) is 14.2. The van der Waals surface area contributed by atoms with Gasteiger partial charge in [0.15, 0.2) is 5.69 Å². The number of alkyl halides is 6. The molecule has 7 nitrogen and oxygen atoms in total. The van der Waals surface area contributed by atoms with Crippen LogP contribution >= 0.6 is 11.6 Å². The van der Waals surface area contributed by atoms with Gasteiger partial charge in [0.25, 0.3) is 5.91 Å². The van der Waals surface area contributed by atoms with E-state index >= 15 is 0 Å². The van der Waals surface area contributed by atoms with Crippen molar-refractivity contribution < 1.29 is 36.2 Å². The van der Waals surface area contributed by atoms with E-state index in [1.165, 1.54) is 37.5 Å². The topological polar surface area (TPSA) is 85.0 Å². The van der Waals surface area contributed by atoms with Gasteiger partial charge in [0.05, 0.1) is 17.4 Å². The van der Waals surface area contributed by atoms with Gasteiger partial charge in [-0.25, -0.2) is 9.67 Å². The van der Waals surface area contributed by atoms with Crippen LogP contribution in [0.15, 0.2) is 42.9 Å². The van der Waals surface area contributed by atoms with Crippen molar-refractivity contribution in [2.45, 2.75) is 24.4 Å². The van der Waals surface area contributed by atoms with Crippen LogP contribution in [0.1, 0.15) is 28.3 Å². The van der Waals surface area contributed by atoms with E-state index in [4.69, 9.17) is 11.6 Å². The van der Waals surface area contributed by atoms with Crippen LogP contribution in [0.3, 0.4) is 0 Å². The lowest BCUT2D eigenvalue weighted by Gasteiger charge is -2.30. The largest absolute Gasteiger partial charge is 0.434 e. The highest BCUT2D eigenvalue weighted by Crippen LogP contribution is 2.40. The van der Waals surface area contributed by atoms with Gasteiger partial charge >= 0.3 is 12.4 Å². The zero-order valence-corrected chi connectivity index (χ0v) is 17.5. The SMILES string of the molecule is Cn1ccnc1[C@@](O)(CCNC(=O)c1cnn(-c2ccc(Cl)cc2)c1C(F)(F)F)C(F)(F)F. The third-order valence-corrected chi connectivity index (χ3v) is 5.04. The Morgan fingerprint density at radius 1 is 1.15 bits per heavy atom. The molecule has 1 atom stereocenters. The predicted octanol–water partition coefficient (Wildman–Crippen LogP) is 3.85. The highest BCUT2D eigenvalue weighted by molar-refractivity contribution is 6.30. The Hall–Kier alpha value is -3.06. The first-order valence-corrected chi connectivity index (χ1v) is 9.60. The first-order valence-electron chi connectivity index (χ1n) is 9.22. The minimum Gasteiger partial charge on any atom is -0.374 e. The fourth-order valence-electron chi connectivity index (χ4n) is 3.16. The Kier molecular flexibility index (Phi) is 6.48. The van der Waals surface area contributed by atoms with Crippen molar-refractivity contribution in [3.05, 3.63) is 65.0 Å². The smallest absolute Gasteiger partial charge is 0.374 e. The number of imidazole rings is 1. The first-order chi connectivity index (χ1) is 15.3. The Morgan fingerprint density at radius 3 is 2.30 bits per heavy atom. The fourth-order valence-corrected chi connectivity index (χ4v) is 3.29. The third-order valence-electron chi connectivity index (χ3n) is 4.79. The minimum absolute atomic E-state index is 0.0352. The monoisotopic (exact) mass is 495 g/mol. The number of aryl methyl sites for hydroxylation is 1. The summed E-state index contributed by atoms with van der Waals surface area (Å²) in [6.07, 6.45) is -8.37. The summed E-state index contributed by atoms with van der Waals surface area (Å²) in [5.41, 5.74) is -5.78. The van der Waals surface area contributed by atoms with Gasteiger partial charge < -0.3 is 15.0 Å². The number of nitrogens with one attached hydrogen (secondary N) is 1. The van der Waals surface area contributed by atoms with Crippen LogP contribution < -0.4 is 5.32 Å². The number of benzene rings is 1. The molecule has 0 radical (unpaired) electrons. The molecule has 1 amide bonds.